The van der Waals surface area contributed by atoms with Crippen LogP contribution < -0.4 is 11.1 Å². The summed E-state index contributed by atoms with van der Waals surface area (Å²) in [7, 11) is 1.69. The molecule has 0 radical (unpaired) electrons. The Bertz CT molecular complexity index is 458. The highest BCUT2D eigenvalue weighted by molar-refractivity contribution is 5.77. The molecule has 0 aromatic heterocycles. The quantitative estimate of drug-likeness (QED) is 0.476. The van der Waals surface area contributed by atoms with Crippen molar-refractivity contribution in [3.05, 3.63) is 0 Å². The van der Waals surface area contributed by atoms with Crippen molar-refractivity contribution in [2.45, 2.75) is 18.4 Å². The lowest BCUT2D eigenvalue weighted by atomic mass is 9.56. The van der Waals surface area contributed by atoms with E-state index >= 15 is 0 Å². The van der Waals surface area contributed by atoms with Gasteiger partial charge in [-0.15, -0.1) is 0 Å². The van der Waals surface area contributed by atoms with Crippen LogP contribution in [0.25, 0.3) is 0 Å². The van der Waals surface area contributed by atoms with Gasteiger partial charge in [-0.1, -0.05) is 0 Å². The minimum Gasteiger partial charge on any atom is -0.387 e. The van der Waals surface area contributed by atoms with Crippen LogP contribution in [0, 0.1) is 47.3 Å². The third kappa shape index (κ3) is 0.771. The average Bonchev–Trinajstić information content (AvgIpc) is 2.84. The first-order valence-electron chi connectivity index (χ1n) is 7.35. The lowest BCUT2D eigenvalue weighted by Crippen LogP contribution is -2.59. The van der Waals surface area contributed by atoms with Gasteiger partial charge in [0.2, 0.25) is 0 Å². The van der Waals surface area contributed by atoms with E-state index in [1.807, 2.05) is 0 Å². The van der Waals surface area contributed by atoms with Crippen molar-refractivity contribution < 1.29 is 5.11 Å². The second-order valence-electron chi connectivity index (χ2n) is 7.29. The number of aliphatic imine (C=N–C) groups is 1. The lowest BCUT2D eigenvalue weighted by molar-refractivity contribution is -0.125. The van der Waals surface area contributed by atoms with Crippen LogP contribution in [0.5, 0.6) is 0 Å². The van der Waals surface area contributed by atoms with Crippen molar-refractivity contribution in [3.8, 4) is 0 Å². The van der Waals surface area contributed by atoms with Crippen LogP contribution in [0.3, 0.4) is 0 Å². The molecule has 98 valence electrons. The molecule has 0 heterocycles. The minimum absolute atomic E-state index is 0.460. The summed E-state index contributed by atoms with van der Waals surface area (Å²) < 4.78 is 0. The second-order valence-corrected chi connectivity index (χ2v) is 7.29. The van der Waals surface area contributed by atoms with Gasteiger partial charge in [0.25, 0.3) is 0 Å². The lowest BCUT2D eigenvalue weighted by Gasteiger charge is -2.51. The maximum Gasteiger partial charge on any atom is 0.188 e. The maximum absolute atomic E-state index is 11.2. The summed E-state index contributed by atoms with van der Waals surface area (Å²) in [6, 6.07) is 0. The van der Waals surface area contributed by atoms with Crippen LogP contribution in [0.15, 0.2) is 4.99 Å². The Balaban J connectivity index is 1.50. The zero-order chi connectivity index (χ0) is 12.2. The van der Waals surface area contributed by atoms with Crippen molar-refractivity contribution in [1.29, 1.82) is 0 Å². The summed E-state index contributed by atoms with van der Waals surface area (Å²) in [6.45, 7) is 0.616. The van der Waals surface area contributed by atoms with Crippen molar-refractivity contribution in [3.63, 3.8) is 0 Å². The van der Waals surface area contributed by atoms with E-state index in [9.17, 15) is 5.11 Å². The number of aliphatic hydroxyl groups is 1. The molecule has 0 aromatic rings. The van der Waals surface area contributed by atoms with Crippen LogP contribution in [0.2, 0.25) is 0 Å². The molecule has 0 aliphatic heterocycles. The summed E-state index contributed by atoms with van der Waals surface area (Å²) in [6.07, 6.45) is 2.83. The van der Waals surface area contributed by atoms with Crippen LogP contribution in [-0.4, -0.2) is 30.3 Å². The Hall–Kier alpha value is -0.770. The van der Waals surface area contributed by atoms with E-state index in [4.69, 9.17) is 5.73 Å². The smallest absolute Gasteiger partial charge is 0.188 e. The number of rotatable bonds is 2. The monoisotopic (exact) mass is 247 g/mol. The third-order valence-electron chi connectivity index (χ3n) is 7.31. The Morgan fingerprint density at radius 1 is 1.22 bits per heavy atom. The van der Waals surface area contributed by atoms with Gasteiger partial charge in [0.15, 0.2) is 5.96 Å². The zero-order valence-corrected chi connectivity index (χ0v) is 10.7. The van der Waals surface area contributed by atoms with Crippen LogP contribution >= 0.6 is 0 Å². The fraction of sp³-hybridized carbons (Fsp3) is 0.929. The molecule has 2 bridgehead atoms. The van der Waals surface area contributed by atoms with Gasteiger partial charge in [0, 0.05) is 13.6 Å². The molecule has 4 N–H and O–H groups in total. The van der Waals surface area contributed by atoms with Gasteiger partial charge >= 0.3 is 0 Å². The molecule has 5 fully saturated rings. The van der Waals surface area contributed by atoms with Crippen LogP contribution in [0.1, 0.15) is 12.8 Å². The van der Waals surface area contributed by atoms with Gasteiger partial charge in [-0.25, -0.2) is 0 Å². The van der Waals surface area contributed by atoms with Crippen LogP contribution in [-0.2, 0) is 0 Å². The van der Waals surface area contributed by atoms with E-state index in [1.165, 1.54) is 12.8 Å². The summed E-state index contributed by atoms with van der Waals surface area (Å²) in [5.41, 5.74) is 5.24. The molecule has 0 amide bonds. The third-order valence-corrected chi connectivity index (χ3v) is 7.31. The van der Waals surface area contributed by atoms with E-state index in [1.54, 1.807) is 7.05 Å². The Labute approximate surface area is 107 Å². The van der Waals surface area contributed by atoms with E-state index in [-0.39, 0.29) is 0 Å². The van der Waals surface area contributed by atoms with Crippen molar-refractivity contribution >= 4 is 5.96 Å². The minimum atomic E-state index is -0.486. The average molecular weight is 247 g/mol. The molecule has 4 heteroatoms. The maximum atomic E-state index is 11.2. The number of guanidine groups is 1. The number of hydrogen-bond donors (Lipinski definition) is 3. The largest absolute Gasteiger partial charge is 0.387 e. The normalized spacial score (nSPS) is 65.8. The first-order valence-corrected chi connectivity index (χ1v) is 7.35. The van der Waals surface area contributed by atoms with Crippen LogP contribution in [0.4, 0.5) is 0 Å². The predicted molar refractivity (Wildman–Crippen MR) is 67.7 cm³/mol. The van der Waals surface area contributed by atoms with Gasteiger partial charge in [-0.2, -0.15) is 0 Å². The SMILES string of the molecule is CN=C(N)NCC1(O)C2C3CC4C5C3CC2C5C41. The first-order chi connectivity index (χ1) is 8.66. The summed E-state index contributed by atoms with van der Waals surface area (Å²) in [5.74, 6) is 6.90. The molecular weight excluding hydrogens is 226 g/mol. The number of nitrogens with two attached hydrogens (primary N) is 1. The predicted octanol–water partition coefficient (Wildman–Crippen LogP) is 0.0294. The molecule has 5 aliphatic carbocycles. The summed E-state index contributed by atoms with van der Waals surface area (Å²) in [4.78, 5) is 3.94. The molecule has 5 rings (SSSR count). The Kier molecular flexibility index (Phi) is 1.52. The van der Waals surface area contributed by atoms with E-state index in [0.29, 0.717) is 24.3 Å². The van der Waals surface area contributed by atoms with Crippen molar-refractivity contribution in [2.75, 3.05) is 13.6 Å². The molecule has 18 heavy (non-hydrogen) atoms. The highest BCUT2D eigenvalue weighted by Gasteiger charge is 2.84. The molecule has 4 nitrogen and oxygen atoms in total. The van der Waals surface area contributed by atoms with Gasteiger partial charge in [0.05, 0.1) is 5.60 Å². The fourth-order valence-electron chi connectivity index (χ4n) is 7.27. The number of nitrogens with zero attached hydrogens (tertiary/aromatic N) is 1. The number of hydrogen-bond acceptors (Lipinski definition) is 2. The topological polar surface area (TPSA) is 70.6 Å². The molecule has 0 aromatic carbocycles. The molecule has 5 aliphatic rings. The van der Waals surface area contributed by atoms with E-state index in [2.05, 4.69) is 10.3 Å². The van der Waals surface area contributed by atoms with Crippen molar-refractivity contribution in [1.82, 2.24) is 5.32 Å². The molecule has 0 spiro atoms. The molecule has 9 atom stereocenters. The highest BCUT2D eigenvalue weighted by Crippen LogP contribution is 2.85. The second kappa shape index (κ2) is 2.72. The first kappa shape index (κ1) is 10.1. The highest BCUT2D eigenvalue weighted by atomic mass is 16.3. The number of nitrogens with one attached hydrogen (secondary N) is 1. The standard InChI is InChI=1S/C14H21N3O/c1-16-13(15)17-4-14(18)11-6-3-7-9-5(6)2-8(11)10(9)12(7)14/h5-12,18H,2-4H2,1H3,(H3,15,16,17). The Morgan fingerprint density at radius 3 is 2.72 bits per heavy atom. The van der Waals surface area contributed by atoms with Gasteiger partial charge in [0.1, 0.15) is 0 Å². The molecule has 5 saturated carbocycles. The zero-order valence-electron chi connectivity index (χ0n) is 10.7. The molecule has 0 saturated heterocycles. The molecule has 9 unspecified atom stereocenters. The molecular formula is C14H21N3O. The van der Waals surface area contributed by atoms with E-state index in [0.717, 1.165) is 35.5 Å². The fourth-order valence-corrected chi connectivity index (χ4v) is 7.27. The Morgan fingerprint density at radius 2 is 1.94 bits per heavy atom. The van der Waals surface area contributed by atoms with Gasteiger partial charge in [-0.3, -0.25) is 4.99 Å². The summed E-state index contributed by atoms with van der Waals surface area (Å²) in [5, 5.41) is 14.4. The number of fused-ring (bicyclic) bond motifs is 2. The van der Waals surface area contributed by atoms with Crippen molar-refractivity contribution in [2.24, 2.45) is 58.1 Å². The van der Waals surface area contributed by atoms with E-state index < -0.39 is 5.60 Å². The summed E-state index contributed by atoms with van der Waals surface area (Å²) >= 11 is 0. The van der Waals surface area contributed by atoms with Gasteiger partial charge in [-0.05, 0) is 60.2 Å². The van der Waals surface area contributed by atoms with Gasteiger partial charge < -0.3 is 16.2 Å².